The summed E-state index contributed by atoms with van der Waals surface area (Å²) in [6.07, 6.45) is 11.7. The van der Waals surface area contributed by atoms with Crippen LogP contribution in [0, 0.1) is 11.8 Å². The van der Waals surface area contributed by atoms with Crippen molar-refractivity contribution < 1.29 is 57.9 Å². The Hall–Kier alpha value is -3.96. The standard InChI is InChI=1S/C38H58O12/c1-5-9-17-27(7-3)25-49-33(39)19-13-11-15-21-47-37(45)31-24-32(30(36(43)44)23-29(31)35(41)42)38(46)48-22-16-12-14-20-34(40)50-26-28(8-4)18-10-6-2/h23-24,27-28H,5-22,25-26H2,1-4H3,(H,41,42)(H,43,44). The van der Waals surface area contributed by atoms with Gasteiger partial charge in [-0.3, -0.25) is 9.59 Å². The van der Waals surface area contributed by atoms with Gasteiger partial charge in [0, 0.05) is 12.8 Å². The molecule has 0 aromatic heterocycles. The van der Waals surface area contributed by atoms with E-state index < -0.39 is 46.1 Å². The number of carboxylic acid groups (broad SMARTS) is 2. The van der Waals surface area contributed by atoms with E-state index in [1.165, 1.54) is 0 Å². The van der Waals surface area contributed by atoms with Crippen LogP contribution in [0.3, 0.4) is 0 Å². The zero-order valence-electron chi connectivity index (χ0n) is 30.4. The van der Waals surface area contributed by atoms with Gasteiger partial charge in [0.2, 0.25) is 0 Å². The van der Waals surface area contributed by atoms with Crippen molar-refractivity contribution in [3.63, 3.8) is 0 Å². The van der Waals surface area contributed by atoms with Crippen molar-refractivity contribution in [2.45, 2.75) is 130 Å². The van der Waals surface area contributed by atoms with Gasteiger partial charge in [0.05, 0.1) is 48.7 Å². The van der Waals surface area contributed by atoms with Gasteiger partial charge in [-0.25, -0.2) is 19.2 Å². The zero-order chi connectivity index (χ0) is 37.3. The Morgan fingerprint density at radius 1 is 0.520 bits per heavy atom. The highest BCUT2D eigenvalue weighted by atomic mass is 16.5. The lowest BCUT2D eigenvalue weighted by atomic mass is 9.98. The number of ether oxygens (including phenoxy) is 4. The fourth-order valence-electron chi connectivity index (χ4n) is 5.24. The molecule has 2 N–H and O–H groups in total. The van der Waals surface area contributed by atoms with E-state index in [0.29, 0.717) is 63.6 Å². The highest BCUT2D eigenvalue weighted by Gasteiger charge is 2.27. The van der Waals surface area contributed by atoms with E-state index in [9.17, 15) is 39.0 Å². The van der Waals surface area contributed by atoms with E-state index in [0.717, 1.165) is 63.5 Å². The van der Waals surface area contributed by atoms with Crippen molar-refractivity contribution in [3.05, 3.63) is 34.4 Å². The Morgan fingerprint density at radius 2 is 0.900 bits per heavy atom. The number of benzene rings is 1. The number of unbranched alkanes of at least 4 members (excludes halogenated alkanes) is 6. The van der Waals surface area contributed by atoms with Crippen LogP contribution in [0.1, 0.15) is 172 Å². The number of aromatic carboxylic acids is 2. The molecule has 0 fully saturated rings. The predicted octanol–water partition coefficient (Wildman–Crippen LogP) is 8.04. The maximum atomic E-state index is 12.9. The molecule has 1 aromatic rings. The molecule has 12 nitrogen and oxygen atoms in total. The molecule has 0 saturated carbocycles. The van der Waals surface area contributed by atoms with Gasteiger partial charge < -0.3 is 29.2 Å². The topological polar surface area (TPSA) is 180 Å². The number of hydrogen-bond acceptors (Lipinski definition) is 10. The summed E-state index contributed by atoms with van der Waals surface area (Å²) >= 11 is 0. The van der Waals surface area contributed by atoms with Crippen LogP contribution in [-0.4, -0.2) is 72.5 Å². The third kappa shape index (κ3) is 17.6. The predicted molar refractivity (Wildman–Crippen MR) is 186 cm³/mol. The number of carboxylic acids is 2. The molecule has 50 heavy (non-hydrogen) atoms. The normalized spacial score (nSPS) is 12.1. The maximum absolute atomic E-state index is 12.9. The SMILES string of the molecule is CCCCC(CC)COC(=O)CCCCCOC(=O)c1cc(C(=O)OCCCCCC(=O)OCC(CC)CCCC)c(C(=O)O)cc1C(=O)O. The minimum atomic E-state index is -1.57. The molecule has 0 saturated heterocycles. The molecular weight excluding hydrogens is 648 g/mol. The van der Waals surface area contributed by atoms with Crippen molar-refractivity contribution in [1.29, 1.82) is 0 Å². The first-order chi connectivity index (χ1) is 24.0. The summed E-state index contributed by atoms with van der Waals surface area (Å²) < 4.78 is 21.2. The van der Waals surface area contributed by atoms with Gasteiger partial charge in [-0.1, -0.05) is 66.2 Å². The van der Waals surface area contributed by atoms with Gasteiger partial charge in [0.15, 0.2) is 0 Å². The lowest BCUT2D eigenvalue weighted by molar-refractivity contribution is -0.146. The molecule has 2 atom stereocenters. The van der Waals surface area contributed by atoms with E-state index in [4.69, 9.17) is 18.9 Å². The van der Waals surface area contributed by atoms with Crippen LogP contribution < -0.4 is 0 Å². The van der Waals surface area contributed by atoms with Crippen LogP contribution >= 0.6 is 0 Å². The molecule has 0 aliphatic heterocycles. The fraction of sp³-hybridized carbons (Fsp3) is 0.684. The number of carbonyl (C=O) groups excluding carboxylic acids is 4. The van der Waals surface area contributed by atoms with Crippen molar-refractivity contribution in [2.75, 3.05) is 26.4 Å². The molecule has 0 aliphatic carbocycles. The average Bonchev–Trinajstić information content (AvgIpc) is 3.10. The smallest absolute Gasteiger partial charge is 0.339 e. The molecule has 0 heterocycles. The largest absolute Gasteiger partial charge is 0.478 e. The van der Waals surface area contributed by atoms with Gasteiger partial charge in [0.25, 0.3) is 0 Å². The van der Waals surface area contributed by atoms with E-state index in [1.54, 1.807) is 0 Å². The molecule has 0 amide bonds. The first-order valence-corrected chi connectivity index (χ1v) is 18.3. The average molecular weight is 707 g/mol. The maximum Gasteiger partial charge on any atom is 0.339 e. The van der Waals surface area contributed by atoms with Gasteiger partial charge in [-0.15, -0.1) is 0 Å². The molecule has 0 spiro atoms. The van der Waals surface area contributed by atoms with Gasteiger partial charge in [-0.05, 0) is 75.3 Å². The van der Waals surface area contributed by atoms with E-state index >= 15 is 0 Å². The van der Waals surface area contributed by atoms with Crippen LogP contribution in [-0.2, 0) is 28.5 Å². The highest BCUT2D eigenvalue weighted by molar-refractivity contribution is 6.09. The third-order valence-corrected chi connectivity index (χ3v) is 8.62. The monoisotopic (exact) mass is 706 g/mol. The number of esters is 4. The van der Waals surface area contributed by atoms with Gasteiger partial charge >= 0.3 is 35.8 Å². The Morgan fingerprint density at radius 3 is 1.24 bits per heavy atom. The summed E-state index contributed by atoms with van der Waals surface area (Å²) in [6.45, 7) is 9.06. The first-order valence-electron chi connectivity index (χ1n) is 18.3. The summed E-state index contributed by atoms with van der Waals surface area (Å²) in [5.41, 5.74) is -2.22. The Balaban J connectivity index is 2.62. The molecule has 2 unspecified atom stereocenters. The molecule has 0 aliphatic rings. The van der Waals surface area contributed by atoms with Crippen molar-refractivity contribution in [2.24, 2.45) is 11.8 Å². The van der Waals surface area contributed by atoms with Crippen LogP contribution in [0.2, 0.25) is 0 Å². The summed E-state index contributed by atoms with van der Waals surface area (Å²) in [4.78, 5) is 73.6. The van der Waals surface area contributed by atoms with Crippen molar-refractivity contribution in [3.8, 4) is 0 Å². The van der Waals surface area contributed by atoms with E-state index in [1.807, 2.05) is 0 Å². The molecule has 0 radical (unpaired) electrons. The van der Waals surface area contributed by atoms with Crippen molar-refractivity contribution in [1.82, 2.24) is 0 Å². The number of hydrogen-bond donors (Lipinski definition) is 2. The van der Waals surface area contributed by atoms with Crippen LogP contribution in [0.4, 0.5) is 0 Å². The van der Waals surface area contributed by atoms with Crippen LogP contribution in [0.5, 0.6) is 0 Å². The summed E-state index contributed by atoms with van der Waals surface area (Å²) in [5.74, 6) is -5.05. The molecule has 1 rings (SSSR count). The lowest BCUT2D eigenvalue weighted by Gasteiger charge is -2.14. The fourth-order valence-corrected chi connectivity index (χ4v) is 5.24. The van der Waals surface area contributed by atoms with E-state index in [-0.39, 0.29) is 38.0 Å². The Kier molecular flexibility index (Phi) is 22.9. The number of rotatable bonds is 28. The Bertz CT molecular complexity index is 1140. The number of carbonyl (C=O) groups is 6. The first kappa shape index (κ1) is 44.1. The molecule has 0 bridgehead atoms. The van der Waals surface area contributed by atoms with E-state index in [2.05, 4.69) is 27.7 Å². The minimum absolute atomic E-state index is 0.0755. The molecule has 282 valence electrons. The lowest BCUT2D eigenvalue weighted by Crippen LogP contribution is -2.19. The summed E-state index contributed by atoms with van der Waals surface area (Å²) in [6, 6.07) is 1.61. The summed E-state index contributed by atoms with van der Waals surface area (Å²) in [7, 11) is 0. The van der Waals surface area contributed by atoms with Gasteiger partial charge in [-0.2, -0.15) is 0 Å². The van der Waals surface area contributed by atoms with Crippen LogP contribution in [0.25, 0.3) is 0 Å². The Labute approximate surface area is 296 Å². The van der Waals surface area contributed by atoms with Crippen molar-refractivity contribution >= 4 is 35.8 Å². The highest BCUT2D eigenvalue weighted by Crippen LogP contribution is 2.21. The second kappa shape index (κ2) is 25.9. The second-order valence-electron chi connectivity index (χ2n) is 12.6. The molecule has 12 heteroatoms. The second-order valence-corrected chi connectivity index (χ2v) is 12.6. The third-order valence-electron chi connectivity index (χ3n) is 8.62. The molecular formula is C38H58O12. The minimum Gasteiger partial charge on any atom is -0.478 e. The quantitative estimate of drug-likeness (QED) is 0.0487. The van der Waals surface area contributed by atoms with Crippen LogP contribution in [0.15, 0.2) is 12.1 Å². The van der Waals surface area contributed by atoms with Gasteiger partial charge in [0.1, 0.15) is 0 Å². The summed E-state index contributed by atoms with van der Waals surface area (Å²) in [5, 5.41) is 19.3. The zero-order valence-corrected chi connectivity index (χ0v) is 30.4. The molecule has 1 aromatic carbocycles.